The van der Waals surface area contributed by atoms with Gasteiger partial charge in [0.05, 0.1) is 6.19 Å². The Morgan fingerprint density at radius 2 is 2.08 bits per heavy atom. The molecule has 0 aromatic heterocycles. The summed E-state index contributed by atoms with van der Waals surface area (Å²) in [5, 5.41) is 11.9. The van der Waals surface area contributed by atoms with Crippen molar-refractivity contribution in [1.29, 1.82) is 0 Å². The van der Waals surface area contributed by atoms with Crippen LogP contribution >= 0.6 is 0 Å². The molecular weight excluding hydrogens is 153 g/mol. The monoisotopic (exact) mass is 163 g/mol. The number of benzene rings is 1. The third-order valence-corrected chi connectivity index (χ3v) is 1.49. The van der Waals surface area contributed by atoms with Crippen molar-refractivity contribution in [2.24, 2.45) is 0 Å². The number of hydrogen-bond acceptors (Lipinski definition) is 3. The molecule has 0 saturated heterocycles. The minimum absolute atomic E-state index is 0.258. The highest BCUT2D eigenvalue weighted by molar-refractivity contribution is 6.64. The number of aromatic hydroxyl groups is 1. The lowest BCUT2D eigenvalue weighted by molar-refractivity contribution is 0.475. The summed E-state index contributed by atoms with van der Waals surface area (Å²) in [6.45, 7) is 0.652. The van der Waals surface area contributed by atoms with Crippen molar-refractivity contribution in [3.8, 4) is 5.75 Å². The van der Waals surface area contributed by atoms with Gasteiger partial charge in [-0.1, -0.05) is 12.1 Å². The van der Waals surface area contributed by atoms with Gasteiger partial charge >= 0.3 is 0 Å². The summed E-state index contributed by atoms with van der Waals surface area (Å²) in [4.78, 5) is 9.95. The standard InChI is InChI=1S/C8H10BNO2/c11-6-9-10-5-7-1-3-8(12)4-2-7/h1-4,6,9-10,12H,5H2. The van der Waals surface area contributed by atoms with Crippen LogP contribution in [0.3, 0.4) is 0 Å². The maximum absolute atomic E-state index is 9.95. The first-order valence-electron chi connectivity index (χ1n) is 3.75. The fourth-order valence-corrected chi connectivity index (χ4v) is 0.889. The molecule has 0 atom stereocenters. The van der Waals surface area contributed by atoms with Gasteiger partial charge in [0, 0.05) is 6.54 Å². The molecule has 0 aliphatic heterocycles. The van der Waals surface area contributed by atoms with Crippen LogP contribution in [0.4, 0.5) is 0 Å². The lowest BCUT2D eigenvalue weighted by atomic mass is 9.98. The maximum atomic E-state index is 9.95. The summed E-state index contributed by atoms with van der Waals surface area (Å²) in [6.07, 6.45) is 0.820. The molecule has 62 valence electrons. The number of hydrogen-bond donors (Lipinski definition) is 2. The highest BCUT2D eigenvalue weighted by Crippen LogP contribution is 2.08. The number of carbonyl (C=O) groups excluding carboxylic acids is 1. The predicted molar refractivity (Wildman–Crippen MR) is 48.8 cm³/mol. The number of rotatable bonds is 4. The summed E-state index contributed by atoms with van der Waals surface area (Å²) in [5.41, 5.74) is 1.05. The Balaban J connectivity index is 2.42. The maximum Gasteiger partial charge on any atom is 0.278 e. The molecular formula is C8H10BNO2. The van der Waals surface area contributed by atoms with Crippen LogP contribution in [0, 0.1) is 0 Å². The zero-order valence-corrected chi connectivity index (χ0v) is 6.66. The average Bonchev–Trinajstić information content (AvgIpc) is 2.09. The molecule has 0 saturated carbocycles. The van der Waals surface area contributed by atoms with E-state index in [0.29, 0.717) is 14.0 Å². The SMILES string of the molecule is O=CBNCc1ccc(O)cc1. The van der Waals surface area contributed by atoms with E-state index >= 15 is 0 Å². The Hall–Kier alpha value is -1.29. The van der Waals surface area contributed by atoms with Gasteiger partial charge in [0.15, 0.2) is 0 Å². The number of nitrogens with one attached hydrogen (secondary N) is 1. The molecule has 4 heteroatoms. The Bertz CT molecular complexity index is 248. The van der Waals surface area contributed by atoms with E-state index in [2.05, 4.69) is 5.23 Å². The lowest BCUT2D eigenvalue weighted by Crippen LogP contribution is -2.19. The van der Waals surface area contributed by atoms with Gasteiger partial charge in [-0.15, -0.1) is 0 Å². The largest absolute Gasteiger partial charge is 0.508 e. The third kappa shape index (κ3) is 2.76. The Labute approximate surface area is 71.7 Å². The van der Waals surface area contributed by atoms with Gasteiger partial charge in [-0.05, 0) is 17.7 Å². The minimum Gasteiger partial charge on any atom is -0.508 e. The molecule has 0 radical (unpaired) electrons. The fraction of sp³-hybridized carbons (Fsp3) is 0.125. The van der Waals surface area contributed by atoms with Crippen LogP contribution in [0.5, 0.6) is 5.75 Å². The second-order valence-electron chi connectivity index (χ2n) is 2.46. The quantitative estimate of drug-likeness (QED) is 0.373. The van der Waals surface area contributed by atoms with Gasteiger partial charge in [0.1, 0.15) is 5.75 Å². The van der Waals surface area contributed by atoms with Gasteiger partial charge in [-0.25, -0.2) is 0 Å². The van der Waals surface area contributed by atoms with E-state index in [4.69, 9.17) is 5.11 Å². The van der Waals surface area contributed by atoms with Gasteiger partial charge in [-0.2, -0.15) is 0 Å². The predicted octanol–water partition coefficient (Wildman–Crippen LogP) is 0.0235. The van der Waals surface area contributed by atoms with E-state index in [1.807, 2.05) is 12.1 Å². The zero-order chi connectivity index (χ0) is 8.81. The van der Waals surface area contributed by atoms with Crippen molar-refractivity contribution in [2.45, 2.75) is 6.54 Å². The van der Waals surface area contributed by atoms with Crippen LogP contribution in [-0.2, 0) is 11.3 Å². The van der Waals surface area contributed by atoms with E-state index in [1.165, 1.54) is 0 Å². The molecule has 0 unspecified atom stereocenters. The second-order valence-corrected chi connectivity index (χ2v) is 2.46. The molecule has 0 aliphatic rings. The van der Waals surface area contributed by atoms with E-state index in [9.17, 15) is 4.79 Å². The summed E-state index contributed by atoms with van der Waals surface area (Å²) >= 11 is 0. The zero-order valence-electron chi connectivity index (χ0n) is 6.66. The highest BCUT2D eigenvalue weighted by atomic mass is 16.3. The van der Waals surface area contributed by atoms with E-state index in [-0.39, 0.29) is 5.75 Å². The first-order chi connectivity index (χ1) is 5.83. The van der Waals surface area contributed by atoms with E-state index in [0.717, 1.165) is 11.7 Å². The summed E-state index contributed by atoms with van der Waals surface area (Å²) in [5.74, 6) is 0.258. The molecule has 0 aliphatic carbocycles. The molecule has 0 fully saturated rings. The van der Waals surface area contributed by atoms with Gasteiger partial charge in [-0.3, -0.25) is 0 Å². The molecule has 3 nitrogen and oxygen atoms in total. The summed E-state index contributed by atoms with van der Waals surface area (Å²) < 4.78 is 0. The van der Waals surface area contributed by atoms with Gasteiger partial charge in [0.2, 0.25) is 0 Å². The lowest BCUT2D eigenvalue weighted by Gasteiger charge is -1.99. The van der Waals surface area contributed by atoms with Crippen LogP contribution in [0.1, 0.15) is 5.56 Å². The highest BCUT2D eigenvalue weighted by Gasteiger charge is 1.92. The molecule has 12 heavy (non-hydrogen) atoms. The Morgan fingerprint density at radius 3 is 2.67 bits per heavy atom. The molecule has 1 aromatic carbocycles. The van der Waals surface area contributed by atoms with E-state index < -0.39 is 0 Å². The number of phenolic OH excluding ortho intramolecular Hbond substituents is 1. The third-order valence-electron chi connectivity index (χ3n) is 1.49. The van der Waals surface area contributed by atoms with Crippen molar-refractivity contribution in [1.82, 2.24) is 5.23 Å². The smallest absolute Gasteiger partial charge is 0.278 e. The van der Waals surface area contributed by atoms with Crippen LogP contribution in [-0.4, -0.2) is 18.7 Å². The normalized spacial score (nSPS) is 9.33. The molecule has 0 bridgehead atoms. The molecule has 2 N–H and O–H groups in total. The molecule has 1 rings (SSSR count). The van der Waals surface area contributed by atoms with Crippen molar-refractivity contribution < 1.29 is 9.90 Å². The molecule has 1 aromatic rings. The second kappa shape index (κ2) is 4.56. The molecule has 0 amide bonds. The van der Waals surface area contributed by atoms with Crippen LogP contribution < -0.4 is 5.23 Å². The topological polar surface area (TPSA) is 49.3 Å². The Kier molecular flexibility index (Phi) is 3.35. The van der Waals surface area contributed by atoms with Crippen molar-refractivity contribution in [2.75, 3.05) is 0 Å². The fourth-order valence-electron chi connectivity index (χ4n) is 0.889. The molecule has 0 spiro atoms. The van der Waals surface area contributed by atoms with Crippen LogP contribution in [0.25, 0.3) is 0 Å². The molecule has 0 heterocycles. The van der Waals surface area contributed by atoms with E-state index in [1.54, 1.807) is 12.1 Å². The average molecular weight is 163 g/mol. The van der Waals surface area contributed by atoms with Crippen molar-refractivity contribution >= 4 is 13.6 Å². The summed E-state index contributed by atoms with van der Waals surface area (Å²) in [7, 11) is 0.362. The number of carbonyl (C=O) groups is 1. The van der Waals surface area contributed by atoms with Gasteiger partial charge in [0.25, 0.3) is 7.41 Å². The first kappa shape index (κ1) is 8.81. The van der Waals surface area contributed by atoms with Crippen molar-refractivity contribution in [3.05, 3.63) is 29.8 Å². The van der Waals surface area contributed by atoms with Crippen molar-refractivity contribution in [3.63, 3.8) is 0 Å². The minimum atomic E-state index is 0.258. The van der Waals surface area contributed by atoms with Crippen LogP contribution in [0.15, 0.2) is 24.3 Å². The van der Waals surface area contributed by atoms with Gasteiger partial charge < -0.3 is 15.1 Å². The van der Waals surface area contributed by atoms with Crippen LogP contribution in [0.2, 0.25) is 0 Å². The first-order valence-corrected chi connectivity index (χ1v) is 3.75. The summed E-state index contributed by atoms with van der Waals surface area (Å²) in [6, 6.07) is 6.87. The Morgan fingerprint density at radius 1 is 1.42 bits per heavy atom. The number of phenols is 1.